The number of rotatable bonds is 4. The first-order valence-electron chi connectivity index (χ1n) is 6.83. The molecule has 122 valence electrons. The number of carbonyl (C=O) groups excluding carboxylic acids is 1. The number of carbonyl (C=O) groups is 1. The molecule has 0 saturated carbocycles. The molecule has 0 saturated heterocycles. The van der Waals surface area contributed by atoms with Crippen molar-refractivity contribution in [3.63, 3.8) is 0 Å². The van der Waals surface area contributed by atoms with Crippen LogP contribution in [0.2, 0.25) is 5.15 Å². The molecule has 0 unspecified atom stereocenters. The molecule has 0 bridgehead atoms. The first kappa shape index (κ1) is 16.5. The number of halogens is 3. The smallest absolute Gasteiger partial charge is 0.271 e. The van der Waals surface area contributed by atoms with Crippen LogP contribution in [-0.2, 0) is 6.54 Å². The molecule has 1 N–H and O–H groups in total. The van der Waals surface area contributed by atoms with E-state index >= 15 is 0 Å². The zero-order chi connectivity index (χ0) is 17.1. The van der Waals surface area contributed by atoms with E-state index in [9.17, 15) is 13.6 Å². The Kier molecular flexibility index (Phi) is 4.82. The van der Waals surface area contributed by atoms with Crippen molar-refractivity contribution in [2.24, 2.45) is 0 Å². The van der Waals surface area contributed by atoms with Crippen LogP contribution in [0.1, 0.15) is 16.2 Å². The van der Waals surface area contributed by atoms with Gasteiger partial charge in [-0.1, -0.05) is 17.7 Å². The van der Waals surface area contributed by atoms with Gasteiger partial charge in [0.15, 0.2) is 11.6 Å². The molecule has 3 aromatic rings. The van der Waals surface area contributed by atoms with Crippen LogP contribution in [-0.4, -0.2) is 15.9 Å². The molecule has 2 heterocycles. The minimum absolute atomic E-state index is 0.196. The summed E-state index contributed by atoms with van der Waals surface area (Å²) in [6.07, 6.45) is 0. The molecule has 0 radical (unpaired) electrons. The molecule has 8 heteroatoms. The Balaban J connectivity index is 1.70. The summed E-state index contributed by atoms with van der Waals surface area (Å²) in [6, 6.07) is 8.60. The fourth-order valence-corrected chi connectivity index (χ4v) is 2.93. The van der Waals surface area contributed by atoms with Crippen molar-refractivity contribution in [1.82, 2.24) is 15.3 Å². The highest BCUT2D eigenvalue weighted by atomic mass is 35.5. The van der Waals surface area contributed by atoms with E-state index in [0.29, 0.717) is 21.4 Å². The van der Waals surface area contributed by atoms with E-state index in [2.05, 4.69) is 15.3 Å². The molecular weight excluding hydrogens is 356 g/mol. The Hall–Kier alpha value is -2.38. The lowest BCUT2D eigenvalue weighted by Crippen LogP contribution is -2.23. The Bertz CT molecular complexity index is 901. The molecule has 4 nitrogen and oxygen atoms in total. The van der Waals surface area contributed by atoms with E-state index in [0.717, 1.165) is 12.1 Å². The zero-order valence-corrected chi connectivity index (χ0v) is 13.7. The first-order chi connectivity index (χ1) is 11.5. The molecular formula is C16H10ClF2N3OS. The molecule has 0 spiro atoms. The van der Waals surface area contributed by atoms with Gasteiger partial charge in [-0.3, -0.25) is 4.79 Å². The van der Waals surface area contributed by atoms with Crippen LogP contribution >= 0.6 is 22.9 Å². The van der Waals surface area contributed by atoms with Gasteiger partial charge in [0.05, 0.1) is 12.2 Å². The second-order valence-corrected chi connectivity index (χ2v) is 6.05. The van der Waals surface area contributed by atoms with Gasteiger partial charge in [-0.05, 0) is 30.3 Å². The van der Waals surface area contributed by atoms with Gasteiger partial charge in [0, 0.05) is 10.9 Å². The van der Waals surface area contributed by atoms with Crippen LogP contribution in [0.5, 0.6) is 0 Å². The summed E-state index contributed by atoms with van der Waals surface area (Å²) in [5.41, 5.74) is 1.23. The van der Waals surface area contributed by atoms with Crippen molar-refractivity contribution in [1.29, 1.82) is 0 Å². The summed E-state index contributed by atoms with van der Waals surface area (Å²) in [4.78, 5) is 20.3. The van der Waals surface area contributed by atoms with Gasteiger partial charge in [-0.15, -0.1) is 11.3 Å². The van der Waals surface area contributed by atoms with E-state index in [1.807, 2.05) is 0 Å². The van der Waals surface area contributed by atoms with E-state index < -0.39 is 11.6 Å². The standard InChI is InChI=1S/C16H10ClF2N3OS/c17-14-3-1-2-10(21-14)7-20-15(23)13-8-24-16(22-13)9-4-5-11(18)12(19)6-9/h1-6,8H,7H2,(H,20,23). The molecule has 2 aromatic heterocycles. The number of aromatic nitrogens is 2. The number of thiazole rings is 1. The van der Waals surface area contributed by atoms with Crippen molar-refractivity contribution in [2.75, 3.05) is 0 Å². The van der Waals surface area contributed by atoms with Gasteiger partial charge in [0.2, 0.25) is 0 Å². The van der Waals surface area contributed by atoms with E-state index in [1.165, 1.54) is 17.4 Å². The number of nitrogens with one attached hydrogen (secondary N) is 1. The maximum Gasteiger partial charge on any atom is 0.271 e. The Morgan fingerprint density at radius 3 is 2.75 bits per heavy atom. The van der Waals surface area contributed by atoms with Crippen LogP contribution in [0, 0.1) is 11.6 Å². The zero-order valence-electron chi connectivity index (χ0n) is 12.1. The summed E-state index contributed by atoms with van der Waals surface area (Å²) in [6.45, 7) is 0.206. The Morgan fingerprint density at radius 2 is 2.00 bits per heavy atom. The quantitative estimate of drug-likeness (QED) is 0.709. The molecule has 1 amide bonds. The monoisotopic (exact) mass is 365 g/mol. The lowest BCUT2D eigenvalue weighted by atomic mass is 10.2. The Morgan fingerprint density at radius 1 is 1.17 bits per heavy atom. The third-order valence-electron chi connectivity index (χ3n) is 3.11. The SMILES string of the molecule is O=C(NCc1cccc(Cl)n1)c1csc(-c2ccc(F)c(F)c2)n1. The van der Waals surface area contributed by atoms with E-state index in [-0.39, 0.29) is 18.1 Å². The first-order valence-corrected chi connectivity index (χ1v) is 8.09. The van der Waals surface area contributed by atoms with E-state index in [4.69, 9.17) is 11.6 Å². The molecule has 0 atom stereocenters. The van der Waals surface area contributed by atoms with Crippen molar-refractivity contribution in [2.45, 2.75) is 6.54 Å². The van der Waals surface area contributed by atoms with Crippen LogP contribution in [0.3, 0.4) is 0 Å². The average Bonchev–Trinajstić information content (AvgIpc) is 3.05. The number of benzene rings is 1. The van der Waals surface area contributed by atoms with Gasteiger partial charge in [0.25, 0.3) is 5.91 Å². The lowest BCUT2D eigenvalue weighted by Gasteiger charge is -2.03. The van der Waals surface area contributed by atoms with Gasteiger partial charge >= 0.3 is 0 Å². The van der Waals surface area contributed by atoms with Crippen molar-refractivity contribution in [3.05, 3.63) is 70.0 Å². The molecule has 24 heavy (non-hydrogen) atoms. The fraction of sp³-hybridized carbons (Fsp3) is 0.0625. The minimum Gasteiger partial charge on any atom is -0.345 e. The second kappa shape index (κ2) is 7.02. The predicted octanol–water partition coefficient (Wildman–Crippen LogP) is 4.07. The highest BCUT2D eigenvalue weighted by molar-refractivity contribution is 7.13. The summed E-state index contributed by atoms with van der Waals surface area (Å²) in [7, 11) is 0. The van der Waals surface area contributed by atoms with Gasteiger partial charge < -0.3 is 5.32 Å². The number of hydrogen-bond donors (Lipinski definition) is 1. The van der Waals surface area contributed by atoms with Gasteiger partial charge in [0.1, 0.15) is 15.9 Å². The molecule has 0 fully saturated rings. The number of amides is 1. The summed E-state index contributed by atoms with van der Waals surface area (Å²) < 4.78 is 26.2. The molecule has 0 aliphatic rings. The minimum atomic E-state index is -0.958. The molecule has 3 rings (SSSR count). The second-order valence-electron chi connectivity index (χ2n) is 4.80. The predicted molar refractivity (Wildman–Crippen MR) is 87.9 cm³/mol. The van der Waals surface area contributed by atoms with Crippen molar-refractivity contribution < 1.29 is 13.6 Å². The van der Waals surface area contributed by atoms with Crippen LogP contribution in [0.15, 0.2) is 41.8 Å². The normalized spacial score (nSPS) is 10.6. The summed E-state index contributed by atoms with van der Waals surface area (Å²) in [5.74, 6) is -2.27. The number of nitrogens with zero attached hydrogens (tertiary/aromatic N) is 2. The highest BCUT2D eigenvalue weighted by Gasteiger charge is 2.13. The Labute approximate surface area is 145 Å². The van der Waals surface area contributed by atoms with Crippen LogP contribution in [0.25, 0.3) is 10.6 Å². The lowest BCUT2D eigenvalue weighted by molar-refractivity contribution is 0.0946. The third kappa shape index (κ3) is 3.74. The van der Waals surface area contributed by atoms with Crippen molar-refractivity contribution in [3.8, 4) is 10.6 Å². The maximum atomic E-state index is 13.3. The van der Waals surface area contributed by atoms with Crippen LogP contribution < -0.4 is 5.32 Å². The molecule has 0 aliphatic carbocycles. The topological polar surface area (TPSA) is 54.9 Å². The fourth-order valence-electron chi connectivity index (χ4n) is 1.95. The summed E-state index contributed by atoms with van der Waals surface area (Å²) >= 11 is 6.95. The number of pyridine rings is 1. The van der Waals surface area contributed by atoms with Gasteiger partial charge in [-0.25, -0.2) is 18.7 Å². The van der Waals surface area contributed by atoms with Gasteiger partial charge in [-0.2, -0.15) is 0 Å². The third-order valence-corrected chi connectivity index (χ3v) is 4.21. The number of hydrogen-bond acceptors (Lipinski definition) is 4. The largest absolute Gasteiger partial charge is 0.345 e. The molecule has 0 aliphatic heterocycles. The highest BCUT2D eigenvalue weighted by Crippen LogP contribution is 2.25. The van der Waals surface area contributed by atoms with E-state index in [1.54, 1.807) is 23.6 Å². The maximum absolute atomic E-state index is 13.3. The average molecular weight is 366 g/mol. The van der Waals surface area contributed by atoms with Crippen LogP contribution in [0.4, 0.5) is 8.78 Å². The van der Waals surface area contributed by atoms with Crippen molar-refractivity contribution >= 4 is 28.8 Å². The summed E-state index contributed by atoms with van der Waals surface area (Å²) in [5, 5.41) is 5.00. The molecule has 1 aromatic carbocycles.